The molecule has 0 heterocycles. The van der Waals surface area contributed by atoms with E-state index in [-0.39, 0.29) is 11.9 Å². The van der Waals surface area contributed by atoms with Crippen LogP contribution in [0.5, 0.6) is 0 Å². The Morgan fingerprint density at radius 3 is 2.38 bits per heavy atom. The molecule has 0 fully saturated rings. The van der Waals surface area contributed by atoms with Gasteiger partial charge >= 0.3 is 0 Å². The number of nitrogens with zero attached hydrogens (tertiary/aromatic N) is 1. The van der Waals surface area contributed by atoms with E-state index in [1.165, 1.54) is 14.0 Å². The fourth-order valence-corrected chi connectivity index (χ4v) is 0.211. The lowest BCUT2D eigenvalue weighted by molar-refractivity contribution is 0.397. The zero-order valence-electron chi connectivity index (χ0n) is 4.93. The average molecular weight is 115 g/mol. The van der Waals surface area contributed by atoms with Crippen LogP contribution in [0.15, 0.2) is 4.99 Å². The molecule has 0 radical (unpaired) electrons. The van der Waals surface area contributed by atoms with Crippen molar-refractivity contribution in [3.63, 3.8) is 0 Å². The highest BCUT2D eigenvalue weighted by atomic mass is 16.5. The van der Waals surface area contributed by atoms with Crippen molar-refractivity contribution in [2.24, 2.45) is 10.7 Å². The van der Waals surface area contributed by atoms with E-state index in [0.717, 1.165) is 0 Å². The molecule has 46 valence electrons. The first-order valence-electron chi connectivity index (χ1n) is 2.10. The second-order valence-electron chi connectivity index (χ2n) is 1.24. The van der Waals surface area contributed by atoms with Crippen molar-refractivity contribution >= 4 is 11.9 Å². The van der Waals surface area contributed by atoms with E-state index in [1.54, 1.807) is 0 Å². The summed E-state index contributed by atoms with van der Waals surface area (Å²) in [6, 6.07) is 0.0255. The summed E-state index contributed by atoms with van der Waals surface area (Å²) < 4.78 is 4.45. The molecule has 0 saturated heterocycles. The molecule has 0 aliphatic heterocycles. The largest absolute Gasteiger partial charge is 0.468 e. The zero-order chi connectivity index (χ0) is 6.57. The molecule has 4 nitrogen and oxygen atoms in total. The van der Waals surface area contributed by atoms with Gasteiger partial charge in [-0.05, 0) is 6.92 Å². The molecular weight excluding hydrogens is 106 g/mol. The van der Waals surface area contributed by atoms with Crippen molar-refractivity contribution in [2.75, 3.05) is 7.11 Å². The number of nitrogens with one attached hydrogen (secondary N) is 1. The van der Waals surface area contributed by atoms with Crippen LogP contribution in [0.2, 0.25) is 0 Å². The van der Waals surface area contributed by atoms with Crippen LogP contribution in [-0.2, 0) is 4.74 Å². The number of hydrogen-bond donors (Lipinski definition) is 2. The van der Waals surface area contributed by atoms with Gasteiger partial charge in [0.2, 0.25) is 0 Å². The lowest BCUT2D eigenvalue weighted by Gasteiger charge is -1.93. The van der Waals surface area contributed by atoms with Gasteiger partial charge in [0.25, 0.3) is 6.02 Å². The SMILES string of the molecule is COC(N)=NC(C)=N. The summed E-state index contributed by atoms with van der Waals surface area (Å²) in [6.45, 7) is 1.52. The molecular formula is C4H9N3O. The second kappa shape index (κ2) is 3.01. The number of rotatable bonds is 0. The van der Waals surface area contributed by atoms with Crippen LogP contribution in [0.1, 0.15) is 6.92 Å². The predicted molar refractivity (Wildman–Crippen MR) is 32.0 cm³/mol. The molecule has 4 heteroatoms. The van der Waals surface area contributed by atoms with Gasteiger partial charge in [0, 0.05) is 0 Å². The second-order valence-corrected chi connectivity index (χ2v) is 1.24. The summed E-state index contributed by atoms with van der Waals surface area (Å²) in [5.74, 6) is 0.143. The van der Waals surface area contributed by atoms with Crippen LogP contribution in [0, 0.1) is 5.41 Å². The highest BCUT2D eigenvalue weighted by molar-refractivity contribution is 5.89. The molecule has 0 bridgehead atoms. The van der Waals surface area contributed by atoms with Crippen LogP contribution in [-0.4, -0.2) is 19.0 Å². The molecule has 0 amide bonds. The predicted octanol–water partition coefficient (Wildman–Crippen LogP) is -0.0553. The van der Waals surface area contributed by atoms with E-state index in [2.05, 4.69) is 9.73 Å². The first-order chi connectivity index (χ1) is 3.66. The minimum Gasteiger partial charge on any atom is -0.468 e. The first kappa shape index (κ1) is 6.94. The van der Waals surface area contributed by atoms with E-state index in [0.29, 0.717) is 0 Å². The van der Waals surface area contributed by atoms with E-state index < -0.39 is 0 Å². The van der Waals surface area contributed by atoms with Crippen LogP contribution >= 0.6 is 0 Å². The minimum atomic E-state index is 0.0255. The first-order valence-corrected chi connectivity index (χ1v) is 2.10. The van der Waals surface area contributed by atoms with Gasteiger partial charge in [-0.1, -0.05) is 0 Å². The summed E-state index contributed by atoms with van der Waals surface area (Å²) in [5.41, 5.74) is 5.06. The maximum Gasteiger partial charge on any atom is 0.288 e. The molecule has 0 unspecified atom stereocenters. The van der Waals surface area contributed by atoms with Crippen molar-refractivity contribution in [2.45, 2.75) is 6.92 Å². The third-order valence-corrected chi connectivity index (χ3v) is 0.487. The lowest BCUT2D eigenvalue weighted by Crippen LogP contribution is -2.14. The van der Waals surface area contributed by atoms with E-state index >= 15 is 0 Å². The number of hydrogen-bond acceptors (Lipinski definition) is 2. The van der Waals surface area contributed by atoms with Gasteiger partial charge < -0.3 is 10.5 Å². The molecule has 0 aliphatic rings. The third kappa shape index (κ3) is 3.14. The maximum atomic E-state index is 6.78. The van der Waals surface area contributed by atoms with Crippen molar-refractivity contribution in [3.8, 4) is 0 Å². The Morgan fingerprint density at radius 1 is 1.75 bits per heavy atom. The van der Waals surface area contributed by atoms with Crippen molar-refractivity contribution in [1.82, 2.24) is 0 Å². The molecule has 0 spiro atoms. The Bertz CT molecular complexity index is 118. The average Bonchev–Trinajstić information content (AvgIpc) is 1.65. The van der Waals surface area contributed by atoms with Gasteiger partial charge in [-0.3, -0.25) is 5.41 Å². The smallest absolute Gasteiger partial charge is 0.288 e. The molecule has 0 rings (SSSR count). The van der Waals surface area contributed by atoms with Gasteiger partial charge in [-0.15, -0.1) is 0 Å². The minimum absolute atomic E-state index is 0.0255. The Hall–Kier alpha value is -1.06. The summed E-state index contributed by atoms with van der Waals surface area (Å²) in [6.07, 6.45) is 0. The maximum absolute atomic E-state index is 6.78. The van der Waals surface area contributed by atoms with Gasteiger partial charge in [-0.2, -0.15) is 4.99 Å². The third-order valence-electron chi connectivity index (χ3n) is 0.487. The summed E-state index contributed by atoms with van der Waals surface area (Å²) in [5, 5.41) is 6.78. The monoisotopic (exact) mass is 115 g/mol. The van der Waals surface area contributed by atoms with Gasteiger partial charge in [0.05, 0.1) is 7.11 Å². The molecule has 3 N–H and O–H groups in total. The van der Waals surface area contributed by atoms with E-state index in [1.807, 2.05) is 0 Å². The highest BCUT2D eigenvalue weighted by Gasteiger charge is 1.84. The quantitative estimate of drug-likeness (QED) is 0.343. The van der Waals surface area contributed by atoms with Crippen molar-refractivity contribution in [3.05, 3.63) is 0 Å². The van der Waals surface area contributed by atoms with Gasteiger partial charge in [-0.25, -0.2) is 0 Å². The van der Waals surface area contributed by atoms with Crippen LogP contribution in [0.3, 0.4) is 0 Å². The molecule has 0 aromatic heterocycles. The number of amidine groups is 2. The Kier molecular flexibility index (Phi) is 2.61. The Labute approximate surface area is 47.9 Å². The summed E-state index contributed by atoms with van der Waals surface area (Å²) in [7, 11) is 1.40. The topological polar surface area (TPSA) is 71.5 Å². The number of nitrogens with two attached hydrogens (primary N) is 1. The number of aliphatic imine (C=N–C) groups is 1. The van der Waals surface area contributed by atoms with E-state index in [4.69, 9.17) is 11.1 Å². The van der Waals surface area contributed by atoms with Gasteiger partial charge in [0.1, 0.15) is 5.84 Å². The zero-order valence-corrected chi connectivity index (χ0v) is 4.93. The Balaban J connectivity index is 3.75. The summed E-state index contributed by atoms with van der Waals surface area (Å²) in [4.78, 5) is 3.45. The van der Waals surface area contributed by atoms with Crippen LogP contribution in [0.4, 0.5) is 0 Å². The van der Waals surface area contributed by atoms with Crippen molar-refractivity contribution < 1.29 is 4.74 Å². The highest BCUT2D eigenvalue weighted by Crippen LogP contribution is 1.72. The van der Waals surface area contributed by atoms with E-state index in [9.17, 15) is 0 Å². The molecule has 0 atom stereocenters. The molecule has 0 aliphatic carbocycles. The number of methoxy groups -OCH3 is 1. The fourth-order valence-electron chi connectivity index (χ4n) is 0.211. The molecule has 0 aromatic carbocycles. The fraction of sp³-hybridized carbons (Fsp3) is 0.500. The van der Waals surface area contributed by atoms with Gasteiger partial charge in [0.15, 0.2) is 0 Å². The Morgan fingerprint density at radius 2 is 2.25 bits per heavy atom. The molecule has 8 heavy (non-hydrogen) atoms. The normalized spacial score (nSPS) is 11.0. The van der Waals surface area contributed by atoms with Crippen LogP contribution in [0.25, 0.3) is 0 Å². The van der Waals surface area contributed by atoms with Crippen LogP contribution < -0.4 is 5.73 Å². The standard InChI is InChI=1S/C4H9N3O/c1-3(5)7-4(6)8-2/h1-2H3,(H3,5,6,7). The molecule has 0 aromatic rings. The number of ether oxygens (including phenoxy) is 1. The molecule has 0 saturated carbocycles. The lowest BCUT2D eigenvalue weighted by atomic mass is 10.7. The van der Waals surface area contributed by atoms with Crippen molar-refractivity contribution in [1.29, 1.82) is 5.41 Å². The summed E-state index contributed by atoms with van der Waals surface area (Å²) >= 11 is 0.